The highest BCUT2D eigenvalue weighted by Crippen LogP contribution is 2.20. The van der Waals surface area contributed by atoms with E-state index in [0.717, 1.165) is 22.0 Å². The number of nitrogens with zero attached hydrogens (tertiary/aromatic N) is 2. The molecule has 9 atom stereocenters. The van der Waals surface area contributed by atoms with Gasteiger partial charge in [-0.1, -0.05) is 107 Å². The maximum Gasteiger partial charge on any atom is 0.243 e. The first-order valence-electron chi connectivity index (χ1n) is 28.1. The molecule has 0 aliphatic carbocycles. The number of nitrogens with one attached hydrogen (secondary N) is 11. The van der Waals surface area contributed by atoms with Crippen LogP contribution in [-0.4, -0.2) is 138 Å². The topological polar surface area (TPSA) is 369 Å². The first kappa shape index (κ1) is 64.0. The monoisotopic (exact) mass is 1150 g/mol. The third-order valence-electron chi connectivity index (χ3n) is 14.1. The molecule has 0 saturated heterocycles. The van der Waals surface area contributed by atoms with Gasteiger partial charge in [-0.2, -0.15) is 0 Å². The number of fused-ring (bicyclic) bond motifs is 1. The second-order valence-electron chi connectivity index (χ2n) is 21.8. The van der Waals surface area contributed by atoms with Crippen LogP contribution in [0.2, 0.25) is 0 Å². The Kier molecular flexibility index (Phi) is 23.8. The number of primary amides is 1. The molecule has 0 aliphatic heterocycles. The summed E-state index contributed by atoms with van der Waals surface area (Å²) in [4.78, 5) is 141. The molecule has 3 aromatic heterocycles. The highest BCUT2D eigenvalue weighted by molar-refractivity contribution is 5.97. The fourth-order valence-electron chi connectivity index (χ4n) is 9.44. The zero-order valence-electron chi connectivity index (χ0n) is 48.1. The minimum atomic E-state index is -1.43. The summed E-state index contributed by atoms with van der Waals surface area (Å²) in [5.74, 6) is -6.88. The van der Waals surface area contributed by atoms with Crippen molar-refractivity contribution in [3.8, 4) is 0 Å². The van der Waals surface area contributed by atoms with Crippen LogP contribution in [0.3, 0.4) is 0 Å². The van der Waals surface area contributed by atoms with Gasteiger partial charge in [0.1, 0.15) is 42.3 Å². The van der Waals surface area contributed by atoms with Crippen LogP contribution in [0.4, 0.5) is 0 Å². The lowest BCUT2D eigenvalue weighted by Crippen LogP contribution is -2.60. The number of para-hydroxylation sites is 1. The minimum Gasteiger partial charge on any atom is -0.390 e. The van der Waals surface area contributed by atoms with Crippen molar-refractivity contribution in [3.05, 3.63) is 144 Å². The quantitative estimate of drug-likeness (QED) is 0.0285. The van der Waals surface area contributed by atoms with E-state index in [1.807, 2.05) is 74.5 Å². The van der Waals surface area contributed by atoms with Crippen LogP contribution in [0.1, 0.15) is 88.9 Å². The number of aliphatic hydroxyl groups excluding tert-OH is 1. The van der Waals surface area contributed by atoms with Crippen molar-refractivity contribution >= 4 is 64.1 Å². The Bertz CT molecular complexity index is 3130. The van der Waals surface area contributed by atoms with Crippen LogP contribution in [0, 0.1) is 11.8 Å². The average Bonchev–Trinajstić information content (AvgIpc) is 4.32. The van der Waals surface area contributed by atoms with Crippen molar-refractivity contribution < 1.29 is 48.3 Å². The molecule has 6 rings (SSSR count). The predicted molar refractivity (Wildman–Crippen MR) is 312 cm³/mol. The molecule has 24 nitrogen and oxygen atoms in total. The number of carbonyl (C=O) groups is 9. The smallest absolute Gasteiger partial charge is 0.243 e. The Morgan fingerprint density at radius 2 is 1.04 bits per heavy atom. The van der Waals surface area contributed by atoms with Crippen molar-refractivity contribution in [3.63, 3.8) is 0 Å². The Balaban J connectivity index is 1.09. The second-order valence-corrected chi connectivity index (χ2v) is 21.8. The molecule has 448 valence electrons. The maximum absolute atomic E-state index is 14.4. The van der Waals surface area contributed by atoms with E-state index in [2.05, 4.69) is 67.5 Å². The van der Waals surface area contributed by atoms with Gasteiger partial charge in [0.05, 0.1) is 31.2 Å². The van der Waals surface area contributed by atoms with Crippen molar-refractivity contribution in [2.45, 2.75) is 147 Å². The van der Waals surface area contributed by atoms with Gasteiger partial charge in [-0.3, -0.25) is 43.2 Å². The number of rotatable bonds is 32. The summed E-state index contributed by atoms with van der Waals surface area (Å²) in [6.45, 7) is 9.86. The third kappa shape index (κ3) is 19.8. The number of aryl methyl sites for hydroxylation is 1. The van der Waals surface area contributed by atoms with Crippen LogP contribution in [0.25, 0.3) is 10.9 Å². The summed E-state index contributed by atoms with van der Waals surface area (Å²) in [5, 5.41) is 33.9. The fourth-order valence-corrected chi connectivity index (χ4v) is 9.44. The molecule has 3 aromatic carbocycles. The number of nitrogens with two attached hydrogens (primary N) is 1. The van der Waals surface area contributed by atoms with Crippen LogP contribution in [0.15, 0.2) is 116 Å². The van der Waals surface area contributed by atoms with Crippen molar-refractivity contribution in [2.75, 3.05) is 0 Å². The Labute approximate surface area is 487 Å². The SMILES string of the molecule is CC(C)C[C@@H](NC(=O)[C@H](Cc1cnc[nH]1)NC(=O)[C@@H](C)NC(=O)[C@@H](NC(=O)[C@H](C)NC(=O)[C@H](Cc1c[nH]c2ccccc12)NC(=O)[C@H](Cc1cnc[nH]1)NC(=O)CCc1ccccc1)C(C)C)[C@H](O)CC(=O)N[C@@H](Cc1ccccc1)C(N)=O. The molecule has 0 unspecified atom stereocenters. The average molecular weight is 1160 g/mol. The summed E-state index contributed by atoms with van der Waals surface area (Å²) in [7, 11) is 0. The van der Waals surface area contributed by atoms with Crippen LogP contribution >= 0.6 is 0 Å². The van der Waals surface area contributed by atoms with Gasteiger partial charge in [0, 0.05) is 73.0 Å². The van der Waals surface area contributed by atoms with E-state index >= 15 is 0 Å². The fraction of sp³-hybridized carbons (Fsp3) is 0.417. The van der Waals surface area contributed by atoms with Gasteiger partial charge in [-0.25, -0.2) is 9.97 Å². The number of aliphatic hydroxyl groups is 1. The molecular formula is C60H78N14O10. The number of hydrogen-bond donors (Lipinski definition) is 13. The van der Waals surface area contributed by atoms with Gasteiger partial charge in [0.25, 0.3) is 0 Å². The standard InChI is InChI=1S/C60H78N14O10/c1-34(2)23-45(50(75)28-52(77)69-46(54(61)78)24-39-17-11-8-12-18-39)71-59(83)49(27-42-31-63-33-66-42)72-55(79)36(5)68-60(84)53(35(3)4)74-56(80)37(6)67-57(81)47(25-40-29-64-44-20-14-13-19-43(40)44)73-58(82)48(26-41-30-62-32-65-41)70-51(76)22-21-38-15-9-7-10-16-38/h7-20,29-37,45-50,53,64,75H,21-28H2,1-6H3,(H2,61,78)(H,62,65)(H,63,66)(H,67,81)(H,68,84)(H,69,77)(H,70,76)(H,71,83)(H,72,79)(H,73,82)(H,74,80)/t36-,37+,45-,46+,47+,48+,49+,50-,53+/m1/s1. The molecule has 84 heavy (non-hydrogen) atoms. The molecule has 14 N–H and O–H groups in total. The maximum atomic E-state index is 14.4. The van der Waals surface area contributed by atoms with Gasteiger partial charge < -0.3 is 68.3 Å². The minimum absolute atomic E-state index is 0.0226. The van der Waals surface area contributed by atoms with Gasteiger partial charge in [-0.15, -0.1) is 0 Å². The second kappa shape index (κ2) is 31.3. The summed E-state index contributed by atoms with van der Waals surface area (Å²) >= 11 is 0. The molecule has 0 radical (unpaired) electrons. The van der Waals surface area contributed by atoms with Crippen LogP contribution < -0.4 is 48.3 Å². The predicted octanol–water partition coefficient (Wildman–Crippen LogP) is 1.37. The van der Waals surface area contributed by atoms with Gasteiger partial charge >= 0.3 is 0 Å². The highest BCUT2D eigenvalue weighted by atomic mass is 16.3. The highest BCUT2D eigenvalue weighted by Gasteiger charge is 2.35. The van der Waals surface area contributed by atoms with Crippen molar-refractivity contribution in [1.82, 2.24) is 67.5 Å². The molecule has 0 spiro atoms. The van der Waals surface area contributed by atoms with Gasteiger partial charge in [0.2, 0.25) is 53.2 Å². The van der Waals surface area contributed by atoms with E-state index in [-0.39, 0.29) is 50.4 Å². The lowest BCUT2D eigenvalue weighted by atomic mass is 9.96. The number of hydrogen-bond acceptors (Lipinski definition) is 12. The number of imidazole rings is 2. The molecule has 0 saturated carbocycles. The molecule has 0 aliphatic rings. The first-order valence-corrected chi connectivity index (χ1v) is 28.1. The summed E-state index contributed by atoms with van der Waals surface area (Å²) in [5.41, 5.74) is 9.80. The molecular weight excluding hydrogens is 1080 g/mol. The summed E-state index contributed by atoms with van der Waals surface area (Å²) in [6.07, 6.45) is 6.39. The number of aromatic amines is 3. The molecule has 6 aromatic rings. The largest absolute Gasteiger partial charge is 0.390 e. The van der Waals surface area contributed by atoms with E-state index in [4.69, 9.17) is 5.73 Å². The van der Waals surface area contributed by atoms with E-state index in [9.17, 15) is 48.3 Å². The lowest BCUT2D eigenvalue weighted by Gasteiger charge is -2.29. The number of carbonyl (C=O) groups excluding carboxylic acids is 9. The number of aromatic nitrogens is 5. The first-order chi connectivity index (χ1) is 40.1. The van der Waals surface area contributed by atoms with Crippen LogP contribution in [-0.2, 0) is 75.3 Å². The summed E-state index contributed by atoms with van der Waals surface area (Å²) in [6, 6.07) is 16.2. The van der Waals surface area contributed by atoms with E-state index in [1.165, 1.54) is 38.9 Å². The van der Waals surface area contributed by atoms with Gasteiger partial charge in [-0.05, 0) is 61.3 Å². The summed E-state index contributed by atoms with van der Waals surface area (Å²) < 4.78 is 0. The normalized spacial score (nSPS) is 14.5. The number of amides is 9. The Morgan fingerprint density at radius 3 is 1.62 bits per heavy atom. The molecule has 3 heterocycles. The Hall–Kier alpha value is -9.19. The van der Waals surface area contributed by atoms with E-state index in [0.29, 0.717) is 23.4 Å². The van der Waals surface area contributed by atoms with E-state index < -0.39 is 114 Å². The molecule has 0 bridgehead atoms. The zero-order valence-corrected chi connectivity index (χ0v) is 48.1. The molecule has 24 heteroatoms. The lowest BCUT2D eigenvalue weighted by molar-refractivity contribution is -0.135. The Morgan fingerprint density at radius 1 is 0.524 bits per heavy atom. The van der Waals surface area contributed by atoms with E-state index in [1.54, 1.807) is 44.3 Å². The number of H-pyrrole nitrogens is 3. The van der Waals surface area contributed by atoms with Crippen molar-refractivity contribution in [2.24, 2.45) is 17.6 Å². The zero-order chi connectivity index (χ0) is 60.9. The van der Waals surface area contributed by atoms with Crippen molar-refractivity contribution in [1.29, 1.82) is 0 Å². The molecule has 0 fully saturated rings. The van der Waals surface area contributed by atoms with Gasteiger partial charge in [0.15, 0.2) is 0 Å². The number of benzene rings is 3. The molecule has 9 amide bonds. The third-order valence-corrected chi connectivity index (χ3v) is 14.1. The van der Waals surface area contributed by atoms with Crippen LogP contribution in [0.5, 0.6) is 0 Å².